The molecule has 0 unspecified atom stereocenters. The van der Waals surface area contributed by atoms with Crippen LogP contribution in [-0.4, -0.2) is 14.2 Å². The van der Waals surface area contributed by atoms with E-state index in [1.165, 1.54) is 72.4 Å². The highest BCUT2D eigenvalue weighted by Crippen LogP contribution is 2.70. The number of aryl methyl sites for hydroxylation is 1. The van der Waals surface area contributed by atoms with Gasteiger partial charge in [-0.2, -0.15) is 8.42 Å². The summed E-state index contributed by atoms with van der Waals surface area (Å²) in [5.74, 6) is -1.24. The normalized spacial score (nSPS) is 12.1. The molecular formula is C38H27ClF2O4S3. The number of carbonyl (C=O) groups excluding carboxylic acids is 1. The lowest BCUT2D eigenvalue weighted by Crippen LogP contribution is -2.14. The summed E-state index contributed by atoms with van der Waals surface area (Å²) in [7, 11) is -7.55. The fourth-order valence-electron chi connectivity index (χ4n) is 5.03. The van der Waals surface area contributed by atoms with E-state index in [1.807, 2.05) is 19.1 Å². The SMILES string of the molecule is Cc1ccc(S(=O)(=O)OS(c2ccc(F)cc2)(c2ccc(F)cc2)c2ccc(Sc3cccc(Cl)c3C(=O)c3ccccc3)cc2)cc1. The van der Waals surface area contributed by atoms with Crippen LogP contribution < -0.4 is 0 Å². The van der Waals surface area contributed by atoms with Crippen molar-refractivity contribution in [3.8, 4) is 0 Å². The quantitative estimate of drug-likeness (QED) is 0.132. The highest BCUT2D eigenvalue weighted by atomic mass is 35.5. The molecule has 0 N–H and O–H groups in total. The molecule has 0 radical (unpaired) electrons. The lowest BCUT2D eigenvalue weighted by atomic mass is 10.0. The number of carbonyl (C=O) groups is 1. The summed E-state index contributed by atoms with van der Waals surface area (Å²) in [5.41, 5.74) is 1.73. The average Bonchev–Trinajstić information content (AvgIpc) is 3.09. The van der Waals surface area contributed by atoms with Gasteiger partial charge in [0.05, 0.1) is 15.5 Å². The van der Waals surface area contributed by atoms with E-state index in [2.05, 4.69) is 0 Å². The third-order valence-electron chi connectivity index (χ3n) is 7.41. The minimum absolute atomic E-state index is 0.0575. The zero-order valence-corrected chi connectivity index (χ0v) is 28.6. The minimum Gasteiger partial charge on any atom is -0.289 e. The lowest BCUT2D eigenvalue weighted by molar-refractivity contribution is 0.103. The summed E-state index contributed by atoms with van der Waals surface area (Å²) < 4.78 is 62.7. The Morgan fingerprint density at radius 3 is 1.67 bits per heavy atom. The Bertz CT molecular complexity index is 2130. The Morgan fingerprint density at radius 1 is 0.625 bits per heavy atom. The van der Waals surface area contributed by atoms with E-state index in [0.29, 0.717) is 35.7 Å². The van der Waals surface area contributed by atoms with E-state index >= 15 is 0 Å². The Balaban J connectivity index is 1.47. The van der Waals surface area contributed by atoms with Crippen molar-refractivity contribution in [3.63, 3.8) is 0 Å². The molecule has 0 aromatic heterocycles. The van der Waals surface area contributed by atoms with Crippen LogP contribution in [0.15, 0.2) is 175 Å². The van der Waals surface area contributed by atoms with Crippen molar-refractivity contribution in [1.82, 2.24) is 0 Å². The van der Waals surface area contributed by atoms with Crippen LogP contribution in [0.3, 0.4) is 0 Å². The van der Waals surface area contributed by atoms with E-state index in [-0.39, 0.29) is 10.7 Å². The highest BCUT2D eigenvalue weighted by Gasteiger charge is 2.38. The molecule has 0 fully saturated rings. The molecule has 4 nitrogen and oxygen atoms in total. The summed E-state index contributed by atoms with van der Waals surface area (Å²) in [6.07, 6.45) is 0. The predicted molar refractivity (Wildman–Crippen MR) is 187 cm³/mol. The molecule has 0 saturated heterocycles. The van der Waals surface area contributed by atoms with Gasteiger partial charge in [-0.05, 0) is 114 Å². The molecule has 0 spiro atoms. The first-order chi connectivity index (χ1) is 23.1. The molecule has 0 amide bonds. The standard InChI is InChI=1S/C38H27ClF2O4S3/c1-26-10-18-34(19-11-26)48(43,44)45-47(31-20-12-28(40)13-21-31,32-22-14-29(41)15-23-32)33-24-16-30(17-25-33)46-36-9-5-8-35(39)37(36)38(42)27-6-3-2-4-7-27/h2-25H,1H3. The van der Waals surface area contributed by atoms with Gasteiger partial charge < -0.3 is 0 Å². The van der Waals surface area contributed by atoms with Crippen LogP contribution in [0.5, 0.6) is 0 Å². The molecule has 6 rings (SSSR count). The number of hydrogen-bond donors (Lipinski definition) is 0. The van der Waals surface area contributed by atoms with Crippen LogP contribution >= 0.6 is 33.7 Å². The molecule has 10 heteroatoms. The lowest BCUT2D eigenvalue weighted by Gasteiger charge is -2.39. The van der Waals surface area contributed by atoms with Gasteiger partial charge in [0.15, 0.2) is 5.78 Å². The summed E-state index contributed by atoms with van der Waals surface area (Å²) in [5, 5.41) is 0.316. The maximum absolute atomic E-state index is 14.2. The van der Waals surface area contributed by atoms with E-state index in [0.717, 1.165) is 10.5 Å². The van der Waals surface area contributed by atoms with Gasteiger partial charge in [0.25, 0.3) is 0 Å². The molecule has 48 heavy (non-hydrogen) atoms. The molecule has 0 saturated carbocycles. The average molecular weight is 717 g/mol. The Labute approximate surface area is 289 Å². The van der Waals surface area contributed by atoms with Crippen molar-refractivity contribution < 1.29 is 25.6 Å². The van der Waals surface area contributed by atoms with Crippen LogP contribution in [0.4, 0.5) is 8.78 Å². The van der Waals surface area contributed by atoms with E-state index in [1.54, 1.807) is 72.8 Å². The molecule has 6 aromatic carbocycles. The van der Waals surface area contributed by atoms with Gasteiger partial charge in [0.1, 0.15) is 11.6 Å². The van der Waals surface area contributed by atoms with E-state index in [9.17, 15) is 22.0 Å². The largest absolute Gasteiger partial charge is 0.307 e. The second-order valence-corrected chi connectivity index (χ2v) is 16.7. The van der Waals surface area contributed by atoms with E-state index < -0.39 is 32.1 Å². The molecule has 0 atom stereocenters. The number of benzene rings is 6. The topological polar surface area (TPSA) is 60.4 Å². The first-order valence-electron chi connectivity index (χ1n) is 14.6. The Hall–Kier alpha value is -4.25. The molecule has 242 valence electrons. The van der Waals surface area contributed by atoms with Gasteiger partial charge in [0, 0.05) is 30.0 Å². The summed E-state index contributed by atoms with van der Waals surface area (Å²) in [4.78, 5) is 16.0. The van der Waals surface area contributed by atoms with Crippen LogP contribution in [0, 0.1) is 18.6 Å². The number of rotatable bonds is 10. The van der Waals surface area contributed by atoms with Gasteiger partial charge in [0.2, 0.25) is 0 Å². The van der Waals surface area contributed by atoms with Crippen molar-refractivity contribution in [1.29, 1.82) is 0 Å². The van der Waals surface area contributed by atoms with Gasteiger partial charge >= 0.3 is 10.1 Å². The highest BCUT2D eigenvalue weighted by molar-refractivity contribution is 8.33. The third kappa shape index (κ3) is 6.97. The van der Waals surface area contributed by atoms with Crippen molar-refractivity contribution in [2.75, 3.05) is 0 Å². The Kier molecular flexibility index (Phi) is 9.87. The van der Waals surface area contributed by atoms with Crippen LogP contribution in [-0.2, 0) is 13.7 Å². The van der Waals surface area contributed by atoms with Gasteiger partial charge in [-0.1, -0.05) is 77.5 Å². The molecule has 0 bridgehead atoms. The summed E-state index contributed by atoms with van der Waals surface area (Å²) >= 11 is 7.87. The van der Waals surface area contributed by atoms with E-state index in [4.69, 9.17) is 15.2 Å². The van der Waals surface area contributed by atoms with Crippen LogP contribution in [0.1, 0.15) is 21.5 Å². The third-order valence-corrected chi connectivity index (χ3v) is 14.0. The first kappa shape index (κ1) is 33.6. The molecule has 0 aliphatic rings. The summed E-state index contributed by atoms with van der Waals surface area (Å²) in [6, 6.07) is 38.3. The smallest absolute Gasteiger partial charge is 0.289 e. The molecule has 6 aromatic rings. The van der Waals surface area contributed by atoms with Gasteiger partial charge in [-0.3, -0.25) is 4.79 Å². The van der Waals surface area contributed by atoms with Crippen LogP contribution in [0.2, 0.25) is 5.02 Å². The molecular weight excluding hydrogens is 690 g/mol. The second-order valence-electron chi connectivity index (χ2n) is 10.7. The number of hydrogen-bond acceptors (Lipinski definition) is 5. The zero-order chi connectivity index (χ0) is 33.9. The van der Waals surface area contributed by atoms with Gasteiger partial charge in [-0.15, -0.1) is 0 Å². The minimum atomic E-state index is -4.41. The molecule has 0 aliphatic carbocycles. The first-order valence-corrected chi connectivity index (χ1v) is 18.8. The zero-order valence-electron chi connectivity index (χ0n) is 25.3. The predicted octanol–water partition coefficient (Wildman–Crippen LogP) is 10.9. The maximum Gasteiger partial charge on any atom is 0.307 e. The maximum atomic E-state index is 14.2. The molecule has 0 heterocycles. The Morgan fingerprint density at radius 2 is 1.12 bits per heavy atom. The van der Waals surface area contributed by atoms with Crippen molar-refractivity contribution in [2.24, 2.45) is 0 Å². The fourth-order valence-corrected chi connectivity index (χ4v) is 11.5. The molecule has 0 aliphatic heterocycles. The van der Waals surface area contributed by atoms with Crippen molar-refractivity contribution in [2.45, 2.75) is 36.3 Å². The van der Waals surface area contributed by atoms with Crippen LogP contribution in [0.25, 0.3) is 0 Å². The van der Waals surface area contributed by atoms with Crippen molar-refractivity contribution in [3.05, 3.63) is 179 Å². The number of ketones is 1. The summed E-state index contributed by atoms with van der Waals surface area (Å²) in [6.45, 7) is 1.84. The van der Waals surface area contributed by atoms with Crippen molar-refractivity contribution >= 4 is 49.6 Å². The monoisotopic (exact) mass is 716 g/mol. The van der Waals surface area contributed by atoms with Gasteiger partial charge in [-0.25, -0.2) is 12.4 Å². The number of halogens is 3. The fraction of sp³-hybridized carbons (Fsp3) is 0.0263. The second kappa shape index (κ2) is 14.1.